The van der Waals surface area contributed by atoms with Crippen LogP contribution in [0, 0.1) is 11.6 Å². The quantitative estimate of drug-likeness (QED) is 0.737. The third-order valence-corrected chi connectivity index (χ3v) is 4.87. The first kappa shape index (κ1) is 19.0. The van der Waals surface area contributed by atoms with Crippen molar-refractivity contribution in [1.82, 2.24) is 4.72 Å². The molecule has 0 aliphatic carbocycles. The summed E-state index contributed by atoms with van der Waals surface area (Å²) in [4.78, 5) is 12.1. The monoisotopic (exact) mass is 368 g/mol. The summed E-state index contributed by atoms with van der Waals surface area (Å²) >= 11 is 0. The lowest BCUT2D eigenvalue weighted by Crippen LogP contribution is -2.25. The van der Waals surface area contributed by atoms with Gasteiger partial charge in [0, 0.05) is 18.2 Å². The van der Waals surface area contributed by atoms with E-state index in [1.807, 2.05) is 6.92 Å². The highest BCUT2D eigenvalue weighted by molar-refractivity contribution is 7.89. The van der Waals surface area contributed by atoms with Gasteiger partial charge in [-0.3, -0.25) is 4.79 Å². The average Bonchev–Trinajstić information content (AvgIpc) is 2.57. The number of carbonyl (C=O) groups excluding carboxylic acids is 1. The van der Waals surface area contributed by atoms with E-state index >= 15 is 0 Å². The molecule has 0 fully saturated rings. The molecule has 2 N–H and O–H groups in total. The molecule has 5 nitrogen and oxygen atoms in total. The van der Waals surface area contributed by atoms with Crippen molar-refractivity contribution in [1.29, 1.82) is 0 Å². The van der Waals surface area contributed by atoms with Crippen LogP contribution in [-0.2, 0) is 10.0 Å². The number of unbranched alkanes of at least 4 members (excludes halogenated alkanes) is 1. The summed E-state index contributed by atoms with van der Waals surface area (Å²) < 4.78 is 53.3. The summed E-state index contributed by atoms with van der Waals surface area (Å²) in [6.45, 7) is 2.24. The van der Waals surface area contributed by atoms with Crippen molar-refractivity contribution in [3.8, 4) is 0 Å². The Labute approximate surface area is 145 Å². The highest BCUT2D eigenvalue weighted by atomic mass is 32.2. The number of benzene rings is 2. The van der Waals surface area contributed by atoms with Crippen LogP contribution < -0.4 is 10.0 Å². The van der Waals surface area contributed by atoms with Crippen molar-refractivity contribution in [3.05, 3.63) is 59.7 Å². The molecule has 0 atom stereocenters. The Hall–Kier alpha value is -2.32. The number of hydrogen-bond acceptors (Lipinski definition) is 3. The third kappa shape index (κ3) is 5.07. The molecule has 0 aliphatic rings. The lowest BCUT2D eigenvalue weighted by Gasteiger charge is -2.09. The second kappa shape index (κ2) is 8.17. The molecule has 0 saturated carbocycles. The van der Waals surface area contributed by atoms with Crippen molar-refractivity contribution in [3.63, 3.8) is 0 Å². The number of anilines is 1. The second-order valence-corrected chi connectivity index (χ2v) is 7.12. The van der Waals surface area contributed by atoms with Crippen molar-refractivity contribution in [2.24, 2.45) is 0 Å². The first-order chi connectivity index (χ1) is 11.8. The van der Waals surface area contributed by atoms with Crippen LogP contribution in [0.1, 0.15) is 30.1 Å². The standard InChI is InChI=1S/C17H18F2N2O3S/c1-2-3-9-20-25(23,24)14-6-4-5-12(10-14)17(22)21-16-8-7-13(18)11-15(16)19/h4-8,10-11,20H,2-3,9H2,1H3,(H,21,22). The van der Waals surface area contributed by atoms with Gasteiger partial charge < -0.3 is 5.32 Å². The van der Waals surface area contributed by atoms with Gasteiger partial charge in [0.2, 0.25) is 10.0 Å². The van der Waals surface area contributed by atoms with Crippen LogP contribution in [0.25, 0.3) is 0 Å². The number of nitrogens with one attached hydrogen (secondary N) is 2. The maximum atomic E-state index is 13.6. The summed E-state index contributed by atoms with van der Waals surface area (Å²) in [7, 11) is -3.73. The number of sulfonamides is 1. The molecule has 2 aromatic rings. The van der Waals surface area contributed by atoms with Gasteiger partial charge >= 0.3 is 0 Å². The molecule has 8 heteroatoms. The van der Waals surface area contributed by atoms with Crippen LogP contribution in [0.2, 0.25) is 0 Å². The van der Waals surface area contributed by atoms with E-state index in [-0.39, 0.29) is 16.1 Å². The first-order valence-corrected chi connectivity index (χ1v) is 9.18. The number of carbonyl (C=O) groups is 1. The highest BCUT2D eigenvalue weighted by Crippen LogP contribution is 2.17. The van der Waals surface area contributed by atoms with Crippen molar-refractivity contribution >= 4 is 21.6 Å². The molecular weight excluding hydrogens is 350 g/mol. The Morgan fingerprint density at radius 1 is 1.12 bits per heavy atom. The van der Waals surface area contributed by atoms with Gasteiger partial charge in [-0.25, -0.2) is 21.9 Å². The van der Waals surface area contributed by atoms with E-state index in [0.29, 0.717) is 19.0 Å². The average molecular weight is 368 g/mol. The van der Waals surface area contributed by atoms with Gasteiger partial charge in [-0.05, 0) is 36.8 Å². The van der Waals surface area contributed by atoms with E-state index < -0.39 is 27.6 Å². The van der Waals surface area contributed by atoms with Crippen molar-refractivity contribution in [2.45, 2.75) is 24.7 Å². The van der Waals surface area contributed by atoms with Crippen LogP contribution in [0.15, 0.2) is 47.4 Å². The normalized spacial score (nSPS) is 11.3. The molecule has 25 heavy (non-hydrogen) atoms. The lowest BCUT2D eigenvalue weighted by molar-refractivity contribution is 0.102. The van der Waals surface area contributed by atoms with E-state index in [0.717, 1.165) is 18.6 Å². The van der Waals surface area contributed by atoms with Crippen molar-refractivity contribution < 1.29 is 22.0 Å². The van der Waals surface area contributed by atoms with Crippen LogP contribution >= 0.6 is 0 Å². The van der Waals surface area contributed by atoms with E-state index in [2.05, 4.69) is 10.0 Å². The summed E-state index contributed by atoms with van der Waals surface area (Å²) in [5.41, 5.74) is -0.150. The molecule has 134 valence electrons. The zero-order valence-corrected chi connectivity index (χ0v) is 14.4. The van der Waals surface area contributed by atoms with E-state index in [1.54, 1.807) is 0 Å². The molecule has 0 aliphatic heterocycles. The minimum Gasteiger partial charge on any atom is -0.319 e. The first-order valence-electron chi connectivity index (χ1n) is 7.69. The second-order valence-electron chi connectivity index (χ2n) is 5.36. The molecule has 0 bridgehead atoms. The van der Waals surface area contributed by atoms with Crippen molar-refractivity contribution in [2.75, 3.05) is 11.9 Å². The maximum Gasteiger partial charge on any atom is 0.255 e. The van der Waals surface area contributed by atoms with Crippen LogP contribution in [0.4, 0.5) is 14.5 Å². The number of amides is 1. The Morgan fingerprint density at radius 2 is 1.88 bits per heavy atom. The van der Waals surface area contributed by atoms with Crippen LogP contribution in [-0.4, -0.2) is 20.9 Å². The molecule has 1 amide bonds. The van der Waals surface area contributed by atoms with Gasteiger partial charge in [-0.2, -0.15) is 0 Å². The van der Waals surface area contributed by atoms with Gasteiger partial charge in [0.1, 0.15) is 11.6 Å². The summed E-state index contributed by atoms with van der Waals surface area (Å²) in [6.07, 6.45) is 1.54. The SMILES string of the molecule is CCCCNS(=O)(=O)c1cccc(C(=O)Nc2ccc(F)cc2F)c1. The number of halogens is 2. The molecule has 2 rings (SSSR count). The molecule has 0 radical (unpaired) electrons. The molecular formula is C17H18F2N2O3S. The third-order valence-electron chi connectivity index (χ3n) is 3.41. The Bertz CT molecular complexity index is 870. The van der Waals surface area contributed by atoms with Crippen LogP contribution in [0.5, 0.6) is 0 Å². The minimum atomic E-state index is -3.73. The fourth-order valence-corrected chi connectivity index (χ4v) is 3.18. The molecule has 0 aromatic heterocycles. The topological polar surface area (TPSA) is 75.3 Å². The van der Waals surface area contributed by atoms with E-state index in [1.165, 1.54) is 24.3 Å². The summed E-state index contributed by atoms with van der Waals surface area (Å²) in [5.74, 6) is -2.38. The smallest absolute Gasteiger partial charge is 0.255 e. The number of rotatable bonds is 7. The summed E-state index contributed by atoms with van der Waals surface area (Å²) in [5, 5.41) is 2.29. The van der Waals surface area contributed by atoms with Gasteiger partial charge in [0.15, 0.2) is 0 Å². The minimum absolute atomic E-state index is 0.0436. The zero-order valence-electron chi connectivity index (χ0n) is 13.6. The van der Waals surface area contributed by atoms with Crippen LogP contribution in [0.3, 0.4) is 0 Å². The molecule has 0 spiro atoms. The predicted molar refractivity (Wildman–Crippen MR) is 90.8 cm³/mol. The molecule has 0 unspecified atom stereocenters. The Balaban J connectivity index is 2.18. The fraction of sp³-hybridized carbons (Fsp3) is 0.235. The Kier molecular flexibility index (Phi) is 6.22. The molecule has 0 saturated heterocycles. The van der Waals surface area contributed by atoms with Gasteiger partial charge in [-0.1, -0.05) is 19.4 Å². The lowest BCUT2D eigenvalue weighted by atomic mass is 10.2. The summed E-state index contributed by atoms with van der Waals surface area (Å²) in [6, 6.07) is 8.14. The largest absolute Gasteiger partial charge is 0.319 e. The van der Waals surface area contributed by atoms with Gasteiger partial charge in [0.25, 0.3) is 5.91 Å². The fourth-order valence-electron chi connectivity index (χ4n) is 2.06. The van der Waals surface area contributed by atoms with E-state index in [9.17, 15) is 22.0 Å². The molecule has 2 aromatic carbocycles. The number of hydrogen-bond donors (Lipinski definition) is 2. The van der Waals surface area contributed by atoms with Gasteiger partial charge in [-0.15, -0.1) is 0 Å². The maximum absolute atomic E-state index is 13.6. The molecule has 0 heterocycles. The van der Waals surface area contributed by atoms with Gasteiger partial charge in [0.05, 0.1) is 10.6 Å². The van der Waals surface area contributed by atoms with E-state index in [4.69, 9.17) is 0 Å². The predicted octanol–water partition coefficient (Wildman–Crippen LogP) is 3.30. The highest BCUT2D eigenvalue weighted by Gasteiger charge is 2.16. The Morgan fingerprint density at radius 3 is 2.56 bits per heavy atom. The zero-order chi connectivity index (χ0) is 18.4.